The molecule has 17 heavy (non-hydrogen) atoms. The molecule has 0 aromatic heterocycles. The van der Waals surface area contributed by atoms with Crippen molar-refractivity contribution in [2.75, 3.05) is 26.2 Å². The molecule has 2 rings (SSSR count). The molecule has 1 aliphatic rings. The molecule has 0 bridgehead atoms. The molecule has 1 saturated heterocycles. The molecular weight excluding hydrogens is 217 g/mol. The molecule has 0 spiro atoms. The molecule has 1 heterocycles. The zero-order valence-electron chi connectivity index (χ0n) is 10.4. The van der Waals surface area contributed by atoms with Gasteiger partial charge in [0.05, 0.1) is 0 Å². The molecule has 1 aromatic rings. The Morgan fingerprint density at radius 1 is 1.24 bits per heavy atom. The van der Waals surface area contributed by atoms with E-state index in [1.165, 1.54) is 25.3 Å². The van der Waals surface area contributed by atoms with Gasteiger partial charge in [0.15, 0.2) is 11.6 Å². The highest BCUT2D eigenvalue weighted by molar-refractivity contribution is 5.29. The Balaban J connectivity index is 1.79. The van der Waals surface area contributed by atoms with E-state index in [4.69, 9.17) is 4.74 Å². The topological polar surface area (TPSA) is 12.5 Å². The Labute approximate surface area is 102 Å². The quantitative estimate of drug-likeness (QED) is 0.798. The van der Waals surface area contributed by atoms with Crippen molar-refractivity contribution in [2.24, 2.45) is 0 Å². The second-order valence-electron chi connectivity index (χ2n) is 4.68. The summed E-state index contributed by atoms with van der Waals surface area (Å²) in [5.41, 5.74) is 1.03. The number of hydrogen-bond acceptors (Lipinski definition) is 2. The number of aryl methyl sites for hydroxylation is 1. The fraction of sp³-hybridized carbons (Fsp3) is 0.571. The molecule has 1 fully saturated rings. The van der Waals surface area contributed by atoms with Gasteiger partial charge in [0.25, 0.3) is 0 Å². The van der Waals surface area contributed by atoms with Crippen LogP contribution in [0.2, 0.25) is 0 Å². The van der Waals surface area contributed by atoms with E-state index in [0.717, 1.165) is 25.2 Å². The van der Waals surface area contributed by atoms with Gasteiger partial charge in [0.1, 0.15) is 6.61 Å². The summed E-state index contributed by atoms with van der Waals surface area (Å²) >= 11 is 0. The fourth-order valence-corrected chi connectivity index (χ4v) is 2.19. The summed E-state index contributed by atoms with van der Waals surface area (Å²) < 4.78 is 18.9. The van der Waals surface area contributed by atoms with E-state index in [1.54, 1.807) is 12.1 Å². The second kappa shape index (κ2) is 6.01. The number of piperidine rings is 1. The average molecular weight is 237 g/mol. The SMILES string of the molecule is Cc1ccc(F)c(OCCN2CCCCC2)c1. The lowest BCUT2D eigenvalue weighted by Crippen LogP contribution is -2.33. The van der Waals surface area contributed by atoms with Crippen molar-refractivity contribution in [1.82, 2.24) is 4.90 Å². The van der Waals surface area contributed by atoms with Crippen LogP contribution < -0.4 is 4.74 Å². The maximum Gasteiger partial charge on any atom is 0.165 e. The Morgan fingerprint density at radius 3 is 2.76 bits per heavy atom. The Morgan fingerprint density at radius 2 is 2.00 bits per heavy atom. The minimum Gasteiger partial charge on any atom is -0.489 e. The summed E-state index contributed by atoms with van der Waals surface area (Å²) in [6.45, 7) is 5.71. The van der Waals surface area contributed by atoms with Gasteiger partial charge in [-0.1, -0.05) is 12.5 Å². The number of halogens is 1. The van der Waals surface area contributed by atoms with Crippen LogP contribution in [0.4, 0.5) is 4.39 Å². The lowest BCUT2D eigenvalue weighted by molar-refractivity contribution is 0.180. The van der Waals surface area contributed by atoms with E-state index >= 15 is 0 Å². The molecule has 0 N–H and O–H groups in total. The lowest BCUT2D eigenvalue weighted by atomic mass is 10.1. The van der Waals surface area contributed by atoms with E-state index in [0.29, 0.717) is 12.4 Å². The van der Waals surface area contributed by atoms with E-state index in [9.17, 15) is 4.39 Å². The van der Waals surface area contributed by atoms with Gasteiger partial charge in [-0.2, -0.15) is 0 Å². The van der Waals surface area contributed by atoms with Gasteiger partial charge in [-0.3, -0.25) is 4.90 Å². The molecule has 1 aliphatic heterocycles. The highest BCUT2D eigenvalue weighted by Gasteiger charge is 2.10. The van der Waals surface area contributed by atoms with Crippen molar-refractivity contribution >= 4 is 0 Å². The lowest BCUT2D eigenvalue weighted by Gasteiger charge is -2.26. The Kier molecular flexibility index (Phi) is 4.37. The first-order valence-corrected chi connectivity index (χ1v) is 6.37. The molecule has 94 valence electrons. The summed E-state index contributed by atoms with van der Waals surface area (Å²) in [6, 6.07) is 4.98. The summed E-state index contributed by atoms with van der Waals surface area (Å²) in [5.74, 6) is 0.108. The summed E-state index contributed by atoms with van der Waals surface area (Å²) in [5, 5.41) is 0. The van der Waals surface area contributed by atoms with Crippen molar-refractivity contribution in [3.05, 3.63) is 29.6 Å². The molecule has 1 aromatic carbocycles. The van der Waals surface area contributed by atoms with Gasteiger partial charge >= 0.3 is 0 Å². The third kappa shape index (κ3) is 3.70. The van der Waals surface area contributed by atoms with Gasteiger partial charge in [0.2, 0.25) is 0 Å². The normalized spacial score (nSPS) is 17.1. The standard InChI is InChI=1S/C14H20FNO/c1-12-5-6-13(15)14(11-12)17-10-9-16-7-3-2-4-8-16/h5-6,11H,2-4,7-10H2,1H3. The average Bonchev–Trinajstić information content (AvgIpc) is 2.35. The van der Waals surface area contributed by atoms with E-state index < -0.39 is 0 Å². The monoisotopic (exact) mass is 237 g/mol. The van der Waals surface area contributed by atoms with Crippen LogP contribution in [0.15, 0.2) is 18.2 Å². The minimum absolute atomic E-state index is 0.269. The number of ether oxygens (including phenoxy) is 1. The first kappa shape index (κ1) is 12.4. The fourth-order valence-electron chi connectivity index (χ4n) is 2.19. The van der Waals surface area contributed by atoms with Gasteiger partial charge in [-0.05, 0) is 50.6 Å². The highest BCUT2D eigenvalue weighted by Crippen LogP contribution is 2.18. The Hall–Kier alpha value is -1.09. The first-order chi connectivity index (χ1) is 8.25. The van der Waals surface area contributed by atoms with Crippen LogP contribution in [0.25, 0.3) is 0 Å². The van der Waals surface area contributed by atoms with Crippen LogP contribution in [0, 0.1) is 12.7 Å². The maximum atomic E-state index is 13.4. The molecule has 0 aliphatic carbocycles. The van der Waals surface area contributed by atoms with E-state index in [1.807, 2.05) is 6.92 Å². The number of benzene rings is 1. The van der Waals surface area contributed by atoms with Crippen molar-refractivity contribution in [2.45, 2.75) is 26.2 Å². The van der Waals surface area contributed by atoms with Crippen molar-refractivity contribution in [3.8, 4) is 5.75 Å². The van der Waals surface area contributed by atoms with Crippen LogP contribution in [0.5, 0.6) is 5.75 Å². The number of nitrogens with zero attached hydrogens (tertiary/aromatic N) is 1. The molecular formula is C14H20FNO. The predicted octanol–water partition coefficient (Wildman–Crippen LogP) is 3.00. The second-order valence-corrected chi connectivity index (χ2v) is 4.68. The van der Waals surface area contributed by atoms with Gasteiger partial charge in [-0.15, -0.1) is 0 Å². The van der Waals surface area contributed by atoms with Crippen LogP contribution >= 0.6 is 0 Å². The number of likely N-dealkylation sites (tertiary alicyclic amines) is 1. The zero-order chi connectivity index (χ0) is 12.1. The summed E-state index contributed by atoms with van der Waals surface area (Å²) in [4.78, 5) is 2.39. The molecule has 2 nitrogen and oxygen atoms in total. The molecule has 0 saturated carbocycles. The molecule has 0 unspecified atom stereocenters. The van der Waals surface area contributed by atoms with Crippen molar-refractivity contribution < 1.29 is 9.13 Å². The highest BCUT2D eigenvalue weighted by atomic mass is 19.1. The minimum atomic E-state index is -0.269. The number of hydrogen-bond donors (Lipinski definition) is 0. The number of rotatable bonds is 4. The molecule has 0 atom stereocenters. The van der Waals surface area contributed by atoms with Crippen LogP contribution in [-0.2, 0) is 0 Å². The predicted molar refractivity (Wildman–Crippen MR) is 66.9 cm³/mol. The first-order valence-electron chi connectivity index (χ1n) is 6.37. The maximum absolute atomic E-state index is 13.4. The van der Waals surface area contributed by atoms with Crippen LogP contribution in [0.3, 0.4) is 0 Å². The van der Waals surface area contributed by atoms with Gasteiger partial charge in [0, 0.05) is 6.54 Å². The van der Waals surface area contributed by atoms with E-state index in [-0.39, 0.29) is 5.82 Å². The van der Waals surface area contributed by atoms with Gasteiger partial charge in [-0.25, -0.2) is 4.39 Å². The summed E-state index contributed by atoms with van der Waals surface area (Å²) in [7, 11) is 0. The van der Waals surface area contributed by atoms with Crippen molar-refractivity contribution in [1.29, 1.82) is 0 Å². The van der Waals surface area contributed by atoms with Crippen LogP contribution in [0.1, 0.15) is 24.8 Å². The largest absolute Gasteiger partial charge is 0.489 e. The Bertz CT molecular complexity index is 361. The van der Waals surface area contributed by atoms with Crippen LogP contribution in [-0.4, -0.2) is 31.1 Å². The van der Waals surface area contributed by atoms with Gasteiger partial charge < -0.3 is 4.74 Å². The van der Waals surface area contributed by atoms with E-state index in [2.05, 4.69) is 4.90 Å². The summed E-state index contributed by atoms with van der Waals surface area (Å²) in [6.07, 6.45) is 3.89. The molecule has 0 radical (unpaired) electrons. The zero-order valence-corrected chi connectivity index (χ0v) is 10.4. The molecule has 0 amide bonds. The van der Waals surface area contributed by atoms with Crippen molar-refractivity contribution in [3.63, 3.8) is 0 Å². The molecule has 3 heteroatoms. The smallest absolute Gasteiger partial charge is 0.165 e. The third-order valence-electron chi connectivity index (χ3n) is 3.20. The third-order valence-corrected chi connectivity index (χ3v) is 3.20.